The van der Waals surface area contributed by atoms with Gasteiger partial charge in [-0.3, -0.25) is 0 Å². The van der Waals surface area contributed by atoms with Crippen molar-refractivity contribution in [3.63, 3.8) is 0 Å². The fourth-order valence-corrected chi connectivity index (χ4v) is 1.73. The zero-order valence-corrected chi connectivity index (χ0v) is 9.16. The van der Waals surface area contributed by atoms with Gasteiger partial charge in [0.1, 0.15) is 5.75 Å². The summed E-state index contributed by atoms with van der Waals surface area (Å²) in [5, 5.41) is 9.13. The average Bonchev–Trinajstić information content (AvgIpc) is 2.22. The van der Waals surface area contributed by atoms with Crippen LogP contribution in [0.5, 0.6) is 5.75 Å². The second-order valence-electron chi connectivity index (χ2n) is 3.89. The minimum absolute atomic E-state index is 0.358. The molecule has 0 saturated heterocycles. The minimum Gasteiger partial charge on any atom is -0.508 e. The van der Waals surface area contributed by atoms with Crippen molar-refractivity contribution in [1.29, 1.82) is 0 Å². The Morgan fingerprint density at radius 2 is 1.64 bits per heavy atom. The first kappa shape index (κ1) is 11.1. The van der Waals surface area contributed by atoms with Crippen molar-refractivity contribution in [2.24, 2.45) is 5.92 Å². The third kappa shape index (κ3) is 3.41. The van der Waals surface area contributed by atoms with Gasteiger partial charge in [-0.2, -0.15) is 0 Å². The van der Waals surface area contributed by atoms with E-state index < -0.39 is 0 Å². The zero-order chi connectivity index (χ0) is 10.4. The smallest absolute Gasteiger partial charge is 0.115 e. The van der Waals surface area contributed by atoms with Crippen LogP contribution in [0.25, 0.3) is 0 Å². The number of aryl methyl sites for hydroxylation is 1. The van der Waals surface area contributed by atoms with Crippen molar-refractivity contribution >= 4 is 0 Å². The van der Waals surface area contributed by atoms with E-state index in [1.54, 1.807) is 12.1 Å². The standard InChI is InChI=1S/C13H20O/c1-3-11(4-2)5-6-12-7-9-13(14)10-8-12/h7-11,14H,3-6H2,1-2H3. The maximum absolute atomic E-state index is 9.13. The summed E-state index contributed by atoms with van der Waals surface area (Å²) in [6.45, 7) is 4.51. The number of phenols is 1. The van der Waals surface area contributed by atoms with Crippen LogP contribution < -0.4 is 0 Å². The number of phenolic OH excluding ortho intramolecular Hbond substituents is 1. The molecule has 78 valence electrons. The Morgan fingerprint density at radius 1 is 1.07 bits per heavy atom. The molecule has 0 aliphatic rings. The van der Waals surface area contributed by atoms with Crippen molar-refractivity contribution in [2.75, 3.05) is 0 Å². The predicted octanol–water partition coefficient (Wildman–Crippen LogP) is 3.76. The van der Waals surface area contributed by atoms with Crippen LogP contribution in [0.4, 0.5) is 0 Å². The SMILES string of the molecule is CCC(CC)CCc1ccc(O)cc1. The molecule has 0 unspecified atom stereocenters. The summed E-state index contributed by atoms with van der Waals surface area (Å²) >= 11 is 0. The molecule has 1 aromatic carbocycles. The Bertz CT molecular complexity index is 246. The maximum atomic E-state index is 9.13. The molecule has 1 rings (SSSR count). The lowest BCUT2D eigenvalue weighted by Crippen LogP contribution is -1.98. The lowest BCUT2D eigenvalue weighted by atomic mass is 9.95. The van der Waals surface area contributed by atoms with Crippen LogP contribution in [0.15, 0.2) is 24.3 Å². The minimum atomic E-state index is 0.358. The molecule has 0 radical (unpaired) electrons. The molecule has 0 aliphatic carbocycles. The third-order valence-corrected chi connectivity index (χ3v) is 2.93. The molecule has 0 fully saturated rings. The van der Waals surface area contributed by atoms with E-state index in [0.29, 0.717) is 5.75 Å². The summed E-state index contributed by atoms with van der Waals surface area (Å²) in [7, 11) is 0. The van der Waals surface area contributed by atoms with Crippen molar-refractivity contribution in [3.8, 4) is 5.75 Å². The highest BCUT2D eigenvalue weighted by Crippen LogP contribution is 2.17. The number of rotatable bonds is 5. The van der Waals surface area contributed by atoms with Gasteiger partial charge in [0.05, 0.1) is 0 Å². The molecule has 0 heterocycles. The van der Waals surface area contributed by atoms with Crippen LogP contribution >= 0.6 is 0 Å². The largest absolute Gasteiger partial charge is 0.508 e. The van der Waals surface area contributed by atoms with Gasteiger partial charge in [0.15, 0.2) is 0 Å². The molecule has 0 aromatic heterocycles. The number of hydrogen-bond acceptors (Lipinski definition) is 1. The summed E-state index contributed by atoms with van der Waals surface area (Å²) in [4.78, 5) is 0. The third-order valence-electron chi connectivity index (χ3n) is 2.93. The quantitative estimate of drug-likeness (QED) is 0.753. The molecule has 1 aromatic rings. The summed E-state index contributed by atoms with van der Waals surface area (Å²) < 4.78 is 0. The predicted molar refractivity (Wildman–Crippen MR) is 60.5 cm³/mol. The van der Waals surface area contributed by atoms with Crippen LogP contribution in [-0.4, -0.2) is 5.11 Å². The van der Waals surface area contributed by atoms with Crippen LogP contribution in [0.3, 0.4) is 0 Å². The molecular formula is C13H20O. The lowest BCUT2D eigenvalue weighted by molar-refractivity contribution is 0.455. The molecule has 1 N–H and O–H groups in total. The summed E-state index contributed by atoms with van der Waals surface area (Å²) in [5.74, 6) is 1.21. The van der Waals surface area contributed by atoms with Gasteiger partial charge in [-0.25, -0.2) is 0 Å². The fourth-order valence-electron chi connectivity index (χ4n) is 1.73. The molecular weight excluding hydrogens is 172 g/mol. The van der Waals surface area contributed by atoms with Gasteiger partial charge in [-0.05, 0) is 36.5 Å². The molecule has 0 atom stereocenters. The Hall–Kier alpha value is -0.980. The molecule has 1 heteroatoms. The van der Waals surface area contributed by atoms with Crippen LogP contribution in [0, 0.1) is 5.92 Å². The van der Waals surface area contributed by atoms with E-state index >= 15 is 0 Å². The lowest BCUT2D eigenvalue weighted by Gasteiger charge is -2.11. The van der Waals surface area contributed by atoms with E-state index in [2.05, 4.69) is 13.8 Å². The number of benzene rings is 1. The maximum Gasteiger partial charge on any atom is 0.115 e. The van der Waals surface area contributed by atoms with Gasteiger partial charge in [-0.15, -0.1) is 0 Å². The summed E-state index contributed by atoms with van der Waals surface area (Å²) in [6, 6.07) is 7.56. The Balaban J connectivity index is 2.41. The van der Waals surface area contributed by atoms with E-state index in [0.717, 1.165) is 12.3 Å². The fraction of sp³-hybridized carbons (Fsp3) is 0.538. The van der Waals surface area contributed by atoms with Crippen molar-refractivity contribution < 1.29 is 5.11 Å². The second-order valence-corrected chi connectivity index (χ2v) is 3.89. The first-order valence-corrected chi connectivity index (χ1v) is 5.54. The van der Waals surface area contributed by atoms with Gasteiger partial charge in [0, 0.05) is 0 Å². The van der Waals surface area contributed by atoms with Crippen molar-refractivity contribution in [2.45, 2.75) is 39.5 Å². The summed E-state index contributed by atoms with van der Waals surface area (Å²) in [5.41, 5.74) is 1.33. The van der Waals surface area contributed by atoms with Crippen LogP contribution in [0.1, 0.15) is 38.7 Å². The van der Waals surface area contributed by atoms with Gasteiger partial charge in [0.25, 0.3) is 0 Å². The van der Waals surface area contributed by atoms with Gasteiger partial charge in [-0.1, -0.05) is 38.8 Å². The normalized spacial score (nSPS) is 10.8. The monoisotopic (exact) mass is 192 g/mol. The van der Waals surface area contributed by atoms with Gasteiger partial charge < -0.3 is 5.11 Å². The van der Waals surface area contributed by atoms with E-state index in [1.807, 2.05) is 12.1 Å². The topological polar surface area (TPSA) is 20.2 Å². The Morgan fingerprint density at radius 3 is 2.14 bits per heavy atom. The molecule has 1 nitrogen and oxygen atoms in total. The second kappa shape index (κ2) is 5.69. The van der Waals surface area contributed by atoms with Crippen LogP contribution in [0.2, 0.25) is 0 Å². The molecule has 0 aliphatic heterocycles. The van der Waals surface area contributed by atoms with Gasteiger partial charge >= 0.3 is 0 Å². The molecule has 0 spiro atoms. The number of hydrogen-bond donors (Lipinski definition) is 1. The molecule has 0 amide bonds. The summed E-state index contributed by atoms with van der Waals surface area (Å²) in [6.07, 6.45) is 4.94. The zero-order valence-electron chi connectivity index (χ0n) is 9.16. The van der Waals surface area contributed by atoms with E-state index in [-0.39, 0.29) is 0 Å². The van der Waals surface area contributed by atoms with Crippen molar-refractivity contribution in [1.82, 2.24) is 0 Å². The van der Waals surface area contributed by atoms with Crippen molar-refractivity contribution in [3.05, 3.63) is 29.8 Å². The first-order chi connectivity index (χ1) is 6.76. The highest BCUT2D eigenvalue weighted by atomic mass is 16.3. The van der Waals surface area contributed by atoms with E-state index in [1.165, 1.54) is 24.8 Å². The van der Waals surface area contributed by atoms with Crippen LogP contribution in [-0.2, 0) is 6.42 Å². The Labute approximate surface area is 86.8 Å². The highest BCUT2D eigenvalue weighted by molar-refractivity contribution is 5.25. The first-order valence-electron chi connectivity index (χ1n) is 5.54. The van der Waals surface area contributed by atoms with E-state index in [4.69, 9.17) is 5.11 Å². The highest BCUT2D eigenvalue weighted by Gasteiger charge is 2.03. The van der Waals surface area contributed by atoms with E-state index in [9.17, 15) is 0 Å². The molecule has 0 bridgehead atoms. The average molecular weight is 192 g/mol. The Kier molecular flexibility index (Phi) is 4.51. The number of aromatic hydroxyl groups is 1. The molecule has 0 saturated carbocycles. The molecule has 14 heavy (non-hydrogen) atoms. The van der Waals surface area contributed by atoms with Gasteiger partial charge in [0.2, 0.25) is 0 Å².